The van der Waals surface area contributed by atoms with E-state index in [0.717, 1.165) is 30.4 Å². The summed E-state index contributed by atoms with van der Waals surface area (Å²) in [7, 11) is 3.43. The molecule has 0 heterocycles. The molecule has 0 saturated heterocycles. The third-order valence-corrected chi connectivity index (χ3v) is 4.03. The molecular weight excluding hydrogens is 226 g/mol. The van der Waals surface area contributed by atoms with Crippen LogP contribution < -0.4 is 15.2 Å². The summed E-state index contributed by atoms with van der Waals surface area (Å²) in [5.41, 5.74) is 7.03. The summed E-state index contributed by atoms with van der Waals surface area (Å²) >= 11 is 0. The van der Waals surface area contributed by atoms with E-state index in [1.165, 1.54) is 24.8 Å². The van der Waals surface area contributed by atoms with Crippen LogP contribution in [0.1, 0.15) is 37.2 Å². The van der Waals surface area contributed by atoms with Crippen LogP contribution in [-0.2, 0) is 0 Å². The molecule has 1 aliphatic carbocycles. The molecule has 3 nitrogen and oxygen atoms in total. The highest BCUT2D eigenvalue weighted by molar-refractivity contribution is 5.43. The molecule has 1 unspecified atom stereocenters. The van der Waals surface area contributed by atoms with E-state index in [9.17, 15) is 0 Å². The molecule has 1 aromatic rings. The van der Waals surface area contributed by atoms with Gasteiger partial charge in [-0.1, -0.05) is 6.42 Å². The smallest absolute Gasteiger partial charge is 0.122 e. The number of hydrogen-bond donors (Lipinski definition) is 1. The summed E-state index contributed by atoms with van der Waals surface area (Å²) in [6.07, 6.45) is 4.99. The molecule has 1 aliphatic rings. The van der Waals surface area contributed by atoms with E-state index in [1.807, 2.05) is 12.1 Å². The van der Waals surface area contributed by atoms with Gasteiger partial charge in [0.05, 0.1) is 14.2 Å². The predicted molar refractivity (Wildman–Crippen MR) is 73.3 cm³/mol. The largest absolute Gasteiger partial charge is 0.497 e. The van der Waals surface area contributed by atoms with Gasteiger partial charge in [-0.15, -0.1) is 0 Å². The van der Waals surface area contributed by atoms with Crippen molar-refractivity contribution in [3.63, 3.8) is 0 Å². The molecule has 3 heteroatoms. The maximum atomic E-state index is 5.77. The van der Waals surface area contributed by atoms with E-state index >= 15 is 0 Å². The fraction of sp³-hybridized carbons (Fsp3) is 0.600. The van der Waals surface area contributed by atoms with Gasteiger partial charge >= 0.3 is 0 Å². The van der Waals surface area contributed by atoms with Crippen molar-refractivity contribution in [3.05, 3.63) is 23.8 Å². The lowest BCUT2D eigenvalue weighted by Gasteiger charge is -2.34. The van der Waals surface area contributed by atoms with Crippen LogP contribution >= 0.6 is 0 Å². The van der Waals surface area contributed by atoms with Crippen molar-refractivity contribution >= 4 is 0 Å². The second-order valence-electron chi connectivity index (χ2n) is 4.98. The molecule has 1 atom stereocenters. The van der Waals surface area contributed by atoms with Gasteiger partial charge in [0.25, 0.3) is 0 Å². The van der Waals surface area contributed by atoms with Gasteiger partial charge in [0.15, 0.2) is 0 Å². The molecule has 2 N–H and O–H groups in total. The summed E-state index contributed by atoms with van der Waals surface area (Å²) in [5.74, 6) is 3.12. The lowest BCUT2D eigenvalue weighted by Crippen LogP contribution is -2.23. The Bertz CT molecular complexity index is 388. The van der Waals surface area contributed by atoms with Crippen LogP contribution in [0.5, 0.6) is 11.5 Å². The number of methoxy groups -OCH3 is 2. The van der Waals surface area contributed by atoms with Crippen molar-refractivity contribution in [2.45, 2.75) is 31.6 Å². The fourth-order valence-corrected chi connectivity index (χ4v) is 2.80. The maximum absolute atomic E-state index is 5.77. The van der Waals surface area contributed by atoms with Crippen LogP contribution in [0.15, 0.2) is 18.2 Å². The summed E-state index contributed by atoms with van der Waals surface area (Å²) < 4.78 is 10.8. The van der Waals surface area contributed by atoms with Crippen molar-refractivity contribution in [2.75, 3.05) is 20.8 Å². The van der Waals surface area contributed by atoms with E-state index in [2.05, 4.69) is 6.07 Å². The Morgan fingerprint density at radius 2 is 2.06 bits per heavy atom. The van der Waals surface area contributed by atoms with Crippen LogP contribution in [-0.4, -0.2) is 20.8 Å². The Hall–Kier alpha value is -1.22. The highest BCUT2D eigenvalue weighted by Crippen LogP contribution is 2.44. The highest BCUT2D eigenvalue weighted by Gasteiger charge is 2.30. The molecule has 1 aromatic carbocycles. The Labute approximate surface area is 109 Å². The van der Waals surface area contributed by atoms with Gasteiger partial charge in [0.2, 0.25) is 0 Å². The fourth-order valence-electron chi connectivity index (χ4n) is 2.80. The Morgan fingerprint density at radius 3 is 2.56 bits per heavy atom. The predicted octanol–water partition coefficient (Wildman–Crippen LogP) is 2.94. The molecule has 0 bridgehead atoms. The molecule has 0 aromatic heterocycles. The number of rotatable bonds is 6. The first-order valence-corrected chi connectivity index (χ1v) is 6.72. The summed E-state index contributed by atoms with van der Waals surface area (Å²) in [5, 5.41) is 0. The zero-order chi connectivity index (χ0) is 13.0. The molecule has 0 spiro atoms. The number of ether oxygens (including phenoxy) is 2. The van der Waals surface area contributed by atoms with E-state index in [4.69, 9.17) is 15.2 Å². The number of benzene rings is 1. The standard InChI is InChI=1S/C15H23NO2/c1-17-12-6-7-15(18-2)14(10-12)13(8-9-16)11-4-3-5-11/h6-7,10-11,13H,3-5,8-9,16H2,1-2H3. The zero-order valence-electron chi connectivity index (χ0n) is 11.3. The van der Waals surface area contributed by atoms with Crippen LogP contribution in [0.25, 0.3) is 0 Å². The SMILES string of the molecule is COc1ccc(OC)c(C(CCN)C2CCC2)c1. The van der Waals surface area contributed by atoms with Crippen LogP contribution in [0, 0.1) is 5.92 Å². The molecule has 1 saturated carbocycles. The first kappa shape index (κ1) is 13.2. The second-order valence-corrected chi connectivity index (χ2v) is 4.98. The first-order chi connectivity index (χ1) is 8.80. The molecule has 0 amide bonds. The van der Waals surface area contributed by atoms with Gasteiger partial charge in [-0.2, -0.15) is 0 Å². The number of nitrogens with two attached hydrogens (primary N) is 1. The van der Waals surface area contributed by atoms with Crippen LogP contribution in [0.4, 0.5) is 0 Å². The monoisotopic (exact) mass is 249 g/mol. The maximum Gasteiger partial charge on any atom is 0.122 e. The molecule has 18 heavy (non-hydrogen) atoms. The summed E-state index contributed by atoms with van der Waals surface area (Å²) in [6, 6.07) is 6.05. The highest BCUT2D eigenvalue weighted by atomic mass is 16.5. The quantitative estimate of drug-likeness (QED) is 0.843. The van der Waals surface area contributed by atoms with Gasteiger partial charge in [-0.3, -0.25) is 0 Å². The Morgan fingerprint density at radius 1 is 1.28 bits per heavy atom. The third-order valence-electron chi connectivity index (χ3n) is 4.03. The van der Waals surface area contributed by atoms with E-state index in [-0.39, 0.29) is 0 Å². The second kappa shape index (κ2) is 6.10. The van der Waals surface area contributed by atoms with Crippen LogP contribution in [0.2, 0.25) is 0 Å². The molecular formula is C15H23NO2. The van der Waals surface area contributed by atoms with Crippen molar-refractivity contribution in [1.29, 1.82) is 0 Å². The molecule has 0 radical (unpaired) electrons. The third kappa shape index (κ3) is 2.61. The minimum absolute atomic E-state index is 0.508. The van der Waals surface area contributed by atoms with Crippen molar-refractivity contribution in [1.82, 2.24) is 0 Å². The summed E-state index contributed by atoms with van der Waals surface area (Å²) in [6.45, 7) is 0.724. The number of hydrogen-bond acceptors (Lipinski definition) is 3. The topological polar surface area (TPSA) is 44.5 Å². The van der Waals surface area contributed by atoms with Crippen LogP contribution in [0.3, 0.4) is 0 Å². The van der Waals surface area contributed by atoms with Gasteiger partial charge in [-0.25, -0.2) is 0 Å². The Balaban J connectivity index is 2.31. The van der Waals surface area contributed by atoms with Gasteiger partial charge in [0, 0.05) is 5.56 Å². The first-order valence-electron chi connectivity index (χ1n) is 6.72. The van der Waals surface area contributed by atoms with Crippen molar-refractivity contribution in [2.24, 2.45) is 11.7 Å². The lowest BCUT2D eigenvalue weighted by atomic mass is 9.71. The van der Waals surface area contributed by atoms with Gasteiger partial charge < -0.3 is 15.2 Å². The van der Waals surface area contributed by atoms with Crippen molar-refractivity contribution in [3.8, 4) is 11.5 Å². The lowest BCUT2D eigenvalue weighted by molar-refractivity contribution is 0.248. The normalized spacial score (nSPS) is 17.1. The van der Waals surface area contributed by atoms with E-state index in [1.54, 1.807) is 14.2 Å². The summed E-state index contributed by atoms with van der Waals surface area (Å²) in [4.78, 5) is 0. The minimum Gasteiger partial charge on any atom is -0.497 e. The minimum atomic E-state index is 0.508. The molecule has 1 fully saturated rings. The van der Waals surface area contributed by atoms with Gasteiger partial charge in [-0.05, 0) is 55.8 Å². The zero-order valence-corrected chi connectivity index (χ0v) is 11.3. The van der Waals surface area contributed by atoms with E-state index < -0.39 is 0 Å². The van der Waals surface area contributed by atoms with Crippen molar-refractivity contribution < 1.29 is 9.47 Å². The molecule has 2 rings (SSSR count). The molecule has 100 valence electrons. The Kier molecular flexibility index (Phi) is 4.48. The average Bonchev–Trinajstić information content (AvgIpc) is 2.35. The van der Waals surface area contributed by atoms with Gasteiger partial charge in [0.1, 0.15) is 11.5 Å². The van der Waals surface area contributed by atoms with E-state index in [0.29, 0.717) is 5.92 Å². The molecule has 0 aliphatic heterocycles. The average molecular weight is 249 g/mol.